The molecule has 2 saturated heterocycles. The van der Waals surface area contributed by atoms with Crippen molar-refractivity contribution in [1.82, 2.24) is 24.2 Å². The van der Waals surface area contributed by atoms with Crippen molar-refractivity contribution in [1.29, 1.82) is 0 Å². The smallest absolute Gasteiger partial charge is 0.410 e. The second-order valence-electron chi connectivity index (χ2n) is 8.30. The molecule has 162 valence electrons. The van der Waals surface area contributed by atoms with Gasteiger partial charge in [-0.05, 0) is 37.5 Å². The maximum Gasteiger partial charge on any atom is 0.410 e. The Morgan fingerprint density at radius 3 is 2.65 bits per heavy atom. The van der Waals surface area contributed by atoms with Gasteiger partial charge in [-0.1, -0.05) is 30.7 Å². The highest BCUT2D eigenvalue weighted by atomic mass is 35.5. The maximum absolute atomic E-state index is 12.5. The zero-order valence-corrected chi connectivity index (χ0v) is 18.3. The van der Waals surface area contributed by atoms with E-state index in [-0.39, 0.29) is 18.2 Å². The monoisotopic (exact) mass is 439 g/mol. The van der Waals surface area contributed by atoms with Crippen LogP contribution in [0.4, 0.5) is 4.79 Å². The van der Waals surface area contributed by atoms with Crippen molar-refractivity contribution >= 4 is 23.5 Å². The molecule has 2 aromatic heterocycles. The molecule has 7 nitrogen and oxygen atoms in total. The van der Waals surface area contributed by atoms with Crippen molar-refractivity contribution in [2.75, 3.05) is 19.7 Å². The Kier molecular flexibility index (Phi) is 5.54. The highest BCUT2D eigenvalue weighted by Crippen LogP contribution is 2.33. The second-order valence-corrected chi connectivity index (χ2v) is 8.74. The van der Waals surface area contributed by atoms with Crippen LogP contribution in [0.2, 0.25) is 5.02 Å². The number of rotatable bonds is 5. The molecule has 0 aliphatic carbocycles. The van der Waals surface area contributed by atoms with E-state index in [4.69, 9.17) is 21.3 Å². The second kappa shape index (κ2) is 8.48. The summed E-state index contributed by atoms with van der Waals surface area (Å²) in [7, 11) is 0. The van der Waals surface area contributed by atoms with E-state index in [9.17, 15) is 4.79 Å². The van der Waals surface area contributed by atoms with Gasteiger partial charge in [-0.25, -0.2) is 14.8 Å². The minimum absolute atomic E-state index is 0.158. The lowest BCUT2D eigenvalue weighted by atomic mass is 10.1. The lowest BCUT2D eigenvalue weighted by molar-refractivity contribution is 0.0391. The molecule has 2 atom stereocenters. The summed E-state index contributed by atoms with van der Waals surface area (Å²) in [5.74, 6) is 0.687. The molecular formula is C23H26ClN5O2. The molecular weight excluding hydrogens is 414 g/mol. The quantitative estimate of drug-likeness (QED) is 0.594. The fraction of sp³-hybridized carbons (Fsp3) is 0.435. The van der Waals surface area contributed by atoms with Crippen LogP contribution in [0, 0.1) is 0 Å². The first-order chi connectivity index (χ1) is 15.1. The number of nitrogens with zero attached hydrogens (tertiary/aromatic N) is 5. The minimum atomic E-state index is -0.158. The summed E-state index contributed by atoms with van der Waals surface area (Å²) < 4.78 is 7.50. The number of hydrogen-bond donors (Lipinski definition) is 0. The molecule has 0 radical (unpaired) electrons. The molecule has 1 aromatic carbocycles. The normalized spacial score (nSPS) is 21.0. The summed E-state index contributed by atoms with van der Waals surface area (Å²) in [6.45, 7) is 4.92. The minimum Gasteiger partial charge on any atom is -0.449 e. The summed E-state index contributed by atoms with van der Waals surface area (Å²) in [6.07, 6.45) is 6.52. The number of likely N-dealkylation sites (tertiary alicyclic amines) is 1. The van der Waals surface area contributed by atoms with Gasteiger partial charge in [0.1, 0.15) is 0 Å². The summed E-state index contributed by atoms with van der Waals surface area (Å²) in [5, 5.41) is 0.704. The number of ether oxygens (including phenoxy) is 1. The number of halogens is 1. The third-order valence-corrected chi connectivity index (χ3v) is 6.44. The SMILES string of the molecule is CCCOC(=O)N1C2CCC1CN(Cc1c(-c3ccc(Cl)cc3)nc3ncccn13)C2. The molecule has 3 aromatic rings. The van der Waals surface area contributed by atoms with Crippen LogP contribution < -0.4 is 0 Å². The van der Waals surface area contributed by atoms with Crippen LogP contribution in [-0.2, 0) is 11.3 Å². The van der Waals surface area contributed by atoms with Gasteiger partial charge in [0.05, 0.1) is 18.0 Å². The van der Waals surface area contributed by atoms with E-state index in [1.54, 1.807) is 6.20 Å². The summed E-state index contributed by atoms with van der Waals surface area (Å²) in [4.78, 5) is 26.2. The molecule has 0 saturated carbocycles. The molecule has 8 heteroatoms. The lowest BCUT2D eigenvalue weighted by Crippen LogP contribution is -2.55. The van der Waals surface area contributed by atoms with Gasteiger partial charge in [-0.3, -0.25) is 14.2 Å². The summed E-state index contributed by atoms with van der Waals surface area (Å²) in [6, 6.07) is 10.1. The Morgan fingerprint density at radius 1 is 1.19 bits per heavy atom. The van der Waals surface area contributed by atoms with Gasteiger partial charge in [0.25, 0.3) is 0 Å². The number of hydrogen-bond acceptors (Lipinski definition) is 5. The highest BCUT2D eigenvalue weighted by molar-refractivity contribution is 6.30. The van der Waals surface area contributed by atoms with Crippen LogP contribution in [0.3, 0.4) is 0 Å². The van der Waals surface area contributed by atoms with E-state index < -0.39 is 0 Å². The van der Waals surface area contributed by atoms with Gasteiger partial charge in [0, 0.05) is 54.7 Å². The molecule has 1 amide bonds. The van der Waals surface area contributed by atoms with Gasteiger partial charge >= 0.3 is 6.09 Å². The maximum atomic E-state index is 12.5. The Morgan fingerprint density at radius 2 is 1.94 bits per heavy atom. The van der Waals surface area contributed by atoms with Gasteiger partial charge in [0.2, 0.25) is 5.78 Å². The van der Waals surface area contributed by atoms with E-state index in [0.717, 1.165) is 55.8 Å². The van der Waals surface area contributed by atoms with Crippen LogP contribution in [0.1, 0.15) is 31.9 Å². The number of carbonyl (C=O) groups excluding carboxylic acids is 1. The highest BCUT2D eigenvalue weighted by Gasteiger charge is 2.43. The molecule has 2 unspecified atom stereocenters. The summed E-state index contributed by atoms with van der Waals surface area (Å²) in [5.41, 5.74) is 3.05. The number of carbonyl (C=O) groups is 1. The van der Waals surface area contributed by atoms with E-state index in [2.05, 4.69) is 14.3 Å². The average Bonchev–Trinajstić information content (AvgIpc) is 3.27. The van der Waals surface area contributed by atoms with Crippen LogP contribution in [0.5, 0.6) is 0 Å². The van der Waals surface area contributed by atoms with E-state index in [1.165, 1.54) is 0 Å². The van der Waals surface area contributed by atoms with Gasteiger partial charge in [-0.2, -0.15) is 0 Å². The number of benzene rings is 1. The number of aromatic nitrogens is 3. The fourth-order valence-electron chi connectivity index (χ4n) is 4.82. The molecule has 2 bridgehead atoms. The van der Waals surface area contributed by atoms with Crippen LogP contribution in [0.25, 0.3) is 17.0 Å². The summed E-state index contributed by atoms with van der Waals surface area (Å²) >= 11 is 6.09. The Labute approximate surface area is 186 Å². The first-order valence-corrected chi connectivity index (χ1v) is 11.3. The van der Waals surface area contributed by atoms with E-state index in [0.29, 0.717) is 17.4 Å². The third kappa shape index (κ3) is 3.88. The zero-order chi connectivity index (χ0) is 21.4. The van der Waals surface area contributed by atoms with Crippen molar-refractivity contribution in [3.05, 3.63) is 53.4 Å². The van der Waals surface area contributed by atoms with Crippen molar-refractivity contribution in [3.63, 3.8) is 0 Å². The molecule has 31 heavy (non-hydrogen) atoms. The standard InChI is InChI=1S/C23H26ClN5O2/c1-2-12-31-23(30)29-18-8-9-19(29)14-27(13-18)15-20-21(16-4-6-17(24)7-5-16)26-22-25-10-3-11-28(20)22/h3-7,10-11,18-19H,2,8-9,12-15H2,1H3. The van der Waals surface area contributed by atoms with Crippen LogP contribution >= 0.6 is 11.6 Å². The topological polar surface area (TPSA) is 63.0 Å². The van der Waals surface area contributed by atoms with E-state index >= 15 is 0 Å². The van der Waals surface area contributed by atoms with Gasteiger partial charge < -0.3 is 4.74 Å². The zero-order valence-electron chi connectivity index (χ0n) is 17.6. The van der Waals surface area contributed by atoms with Crippen LogP contribution in [0.15, 0.2) is 42.7 Å². The Balaban J connectivity index is 1.41. The fourth-order valence-corrected chi connectivity index (χ4v) is 4.94. The van der Waals surface area contributed by atoms with Gasteiger partial charge in [-0.15, -0.1) is 0 Å². The molecule has 2 aliphatic rings. The predicted molar refractivity (Wildman–Crippen MR) is 119 cm³/mol. The number of piperazine rings is 1. The van der Waals surface area contributed by atoms with Crippen molar-refractivity contribution in [3.8, 4) is 11.3 Å². The number of amides is 1. The lowest BCUT2D eigenvalue weighted by Gasteiger charge is -2.40. The van der Waals surface area contributed by atoms with Crippen LogP contribution in [-0.4, -0.2) is 62.0 Å². The first kappa shape index (κ1) is 20.3. The van der Waals surface area contributed by atoms with Gasteiger partial charge in [0.15, 0.2) is 0 Å². The molecule has 2 aliphatic heterocycles. The van der Waals surface area contributed by atoms with E-state index in [1.807, 2.05) is 48.4 Å². The molecule has 2 fully saturated rings. The Hall–Kier alpha value is -2.64. The molecule has 4 heterocycles. The molecule has 5 rings (SSSR count). The predicted octanol–water partition coefficient (Wildman–Crippen LogP) is 4.24. The largest absolute Gasteiger partial charge is 0.449 e. The van der Waals surface area contributed by atoms with Crippen molar-refractivity contribution in [2.45, 2.75) is 44.8 Å². The third-order valence-electron chi connectivity index (χ3n) is 6.19. The Bertz CT molecular complexity index is 1070. The number of imidazole rings is 1. The van der Waals surface area contributed by atoms with Crippen molar-refractivity contribution in [2.24, 2.45) is 0 Å². The molecule has 0 spiro atoms. The number of fused-ring (bicyclic) bond motifs is 3. The molecule has 0 N–H and O–H groups in total. The van der Waals surface area contributed by atoms with Crippen molar-refractivity contribution < 1.29 is 9.53 Å². The average molecular weight is 440 g/mol. The first-order valence-electron chi connectivity index (χ1n) is 10.9.